The summed E-state index contributed by atoms with van der Waals surface area (Å²) in [6.07, 6.45) is 3.83. The van der Waals surface area contributed by atoms with Gasteiger partial charge in [0.05, 0.1) is 25.8 Å². The number of amides is 1. The fourth-order valence-corrected chi connectivity index (χ4v) is 4.02. The normalized spacial score (nSPS) is 23.2. The van der Waals surface area contributed by atoms with Crippen LogP contribution in [0.1, 0.15) is 23.2 Å². The standard InChI is InChI=1S/C19H25N5O3/c1-2-23-7-6-20-17(23)11-22-8-14-9-24(15(10-22)13-27-12-14)19(26)16-4-3-5-18(25)21-16/h3-7,14-15H,2,8-13H2,1H3,(H,21,25)/t14-,15-/m0/s1. The van der Waals surface area contributed by atoms with Crippen molar-refractivity contribution in [3.63, 3.8) is 0 Å². The van der Waals surface area contributed by atoms with Crippen molar-refractivity contribution in [3.8, 4) is 0 Å². The van der Waals surface area contributed by atoms with E-state index < -0.39 is 0 Å². The van der Waals surface area contributed by atoms with Crippen LogP contribution in [0.15, 0.2) is 35.4 Å². The summed E-state index contributed by atoms with van der Waals surface area (Å²) in [6, 6.07) is 4.65. The minimum atomic E-state index is -0.261. The quantitative estimate of drug-likeness (QED) is 0.849. The van der Waals surface area contributed by atoms with Gasteiger partial charge in [0.1, 0.15) is 11.5 Å². The van der Waals surface area contributed by atoms with Crippen LogP contribution in [-0.2, 0) is 17.8 Å². The zero-order chi connectivity index (χ0) is 18.8. The van der Waals surface area contributed by atoms with Crippen LogP contribution in [0.4, 0.5) is 0 Å². The Morgan fingerprint density at radius 1 is 1.30 bits per heavy atom. The third kappa shape index (κ3) is 3.81. The number of rotatable bonds is 4. The topological polar surface area (TPSA) is 83.5 Å². The van der Waals surface area contributed by atoms with Crippen molar-refractivity contribution < 1.29 is 9.53 Å². The van der Waals surface area contributed by atoms with Crippen molar-refractivity contribution in [2.24, 2.45) is 5.92 Å². The Labute approximate surface area is 157 Å². The summed E-state index contributed by atoms with van der Waals surface area (Å²) in [7, 11) is 0. The molecule has 144 valence electrons. The number of H-pyrrole nitrogens is 1. The lowest BCUT2D eigenvalue weighted by atomic mass is 10.1. The van der Waals surface area contributed by atoms with Crippen molar-refractivity contribution in [2.45, 2.75) is 26.1 Å². The van der Waals surface area contributed by atoms with E-state index in [9.17, 15) is 9.59 Å². The summed E-state index contributed by atoms with van der Waals surface area (Å²) >= 11 is 0. The summed E-state index contributed by atoms with van der Waals surface area (Å²) in [6.45, 7) is 7.15. The maximum absolute atomic E-state index is 13.0. The van der Waals surface area contributed by atoms with Gasteiger partial charge in [-0.05, 0) is 13.0 Å². The first-order valence-electron chi connectivity index (χ1n) is 9.44. The van der Waals surface area contributed by atoms with E-state index >= 15 is 0 Å². The third-order valence-corrected chi connectivity index (χ3v) is 5.31. The minimum Gasteiger partial charge on any atom is -0.379 e. The zero-order valence-electron chi connectivity index (χ0n) is 15.5. The Kier molecular flexibility index (Phi) is 5.09. The number of aromatic nitrogens is 3. The molecule has 4 heterocycles. The predicted octanol–water partition coefficient (Wildman–Crippen LogP) is 0.564. The molecule has 1 amide bonds. The molecule has 2 aromatic rings. The van der Waals surface area contributed by atoms with Gasteiger partial charge in [0, 0.05) is 50.6 Å². The predicted molar refractivity (Wildman–Crippen MR) is 99.4 cm³/mol. The second-order valence-corrected chi connectivity index (χ2v) is 7.27. The van der Waals surface area contributed by atoms with Gasteiger partial charge in [-0.15, -0.1) is 0 Å². The van der Waals surface area contributed by atoms with Gasteiger partial charge in [-0.3, -0.25) is 14.5 Å². The Morgan fingerprint density at radius 2 is 2.19 bits per heavy atom. The van der Waals surface area contributed by atoms with Gasteiger partial charge < -0.3 is 19.2 Å². The molecule has 2 aromatic heterocycles. The Balaban J connectivity index is 1.55. The van der Waals surface area contributed by atoms with Crippen molar-refractivity contribution in [2.75, 3.05) is 32.8 Å². The maximum atomic E-state index is 13.0. The first-order valence-corrected chi connectivity index (χ1v) is 9.44. The lowest BCUT2D eigenvalue weighted by molar-refractivity contribution is 0.0414. The average Bonchev–Trinajstić information content (AvgIpc) is 2.90. The number of aromatic amines is 1. The van der Waals surface area contributed by atoms with E-state index in [1.807, 2.05) is 17.3 Å². The highest BCUT2D eigenvalue weighted by molar-refractivity contribution is 5.92. The van der Waals surface area contributed by atoms with E-state index in [1.54, 1.807) is 12.1 Å². The molecule has 0 spiro atoms. The van der Waals surface area contributed by atoms with Gasteiger partial charge in [-0.2, -0.15) is 0 Å². The molecular formula is C19H25N5O3. The number of nitrogens with zero attached hydrogens (tertiary/aromatic N) is 4. The van der Waals surface area contributed by atoms with Crippen molar-refractivity contribution in [1.29, 1.82) is 0 Å². The molecule has 8 nitrogen and oxygen atoms in total. The summed E-state index contributed by atoms with van der Waals surface area (Å²) < 4.78 is 7.96. The highest BCUT2D eigenvalue weighted by Gasteiger charge is 2.36. The molecule has 0 unspecified atom stereocenters. The minimum absolute atomic E-state index is 0.0428. The van der Waals surface area contributed by atoms with Gasteiger partial charge in [-0.1, -0.05) is 6.07 Å². The van der Waals surface area contributed by atoms with Crippen LogP contribution in [0.25, 0.3) is 0 Å². The number of fused-ring (bicyclic) bond motifs is 3. The number of carbonyl (C=O) groups excluding carboxylic acids is 1. The maximum Gasteiger partial charge on any atom is 0.270 e. The molecule has 0 saturated carbocycles. The summed E-state index contributed by atoms with van der Waals surface area (Å²) in [5.74, 6) is 1.15. The molecule has 2 atom stereocenters. The fraction of sp³-hybridized carbons (Fsp3) is 0.526. The number of imidazole rings is 1. The molecule has 0 radical (unpaired) electrons. The van der Waals surface area contributed by atoms with Crippen LogP contribution in [0, 0.1) is 5.92 Å². The van der Waals surface area contributed by atoms with E-state index in [4.69, 9.17) is 4.74 Å². The highest BCUT2D eigenvalue weighted by Crippen LogP contribution is 2.22. The van der Waals surface area contributed by atoms with E-state index in [-0.39, 0.29) is 23.4 Å². The smallest absolute Gasteiger partial charge is 0.270 e. The van der Waals surface area contributed by atoms with Crippen molar-refractivity contribution in [1.82, 2.24) is 24.3 Å². The SMILES string of the molecule is CCn1ccnc1CN1C[C@@H]2COC[C@H](C1)N(C(=O)c1cccc(=O)[nH]1)C2. The Bertz CT molecular complexity index is 861. The van der Waals surface area contributed by atoms with Crippen LogP contribution in [0.5, 0.6) is 0 Å². The first-order chi connectivity index (χ1) is 13.1. The lowest BCUT2D eigenvalue weighted by Gasteiger charge is -2.31. The van der Waals surface area contributed by atoms with Gasteiger partial charge in [0.25, 0.3) is 5.91 Å². The summed E-state index contributed by atoms with van der Waals surface area (Å²) in [5, 5.41) is 0. The Morgan fingerprint density at radius 3 is 3.00 bits per heavy atom. The number of carbonyl (C=O) groups is 1. The second-order valence-electron chi connectivity index (χ2n) is 7.27. The molecular weight excluding hydrogens is 346 g/mol. The molecule has 27 heavy (non-hydrogen) atoms. The zero-order valence-corrected chi connectivity index (χ0v) is 15.5. The van der Waals surface area contributed by atoms with Crippen molar-refractivity contribution >= 4 is 5.91 Å². The number of hydrogen-bond acceptors (Lipinski definition) is 5. The number of pyridine rings is 1. The molecule has 8 heteroatoms. The molecule has 1 N–H and O–H groups in total. The van der Waals surface area contributed by atoms with Gasteiger partial charge in [0.15, 0.2) is 0 Å². The van der Waals surface area contributed by atoms with Crippen LogP contribution >= 0.6 is 0 Å². The van der Waals surface area contributed by atoms with Crippen LogP contribution in [0.3, 0.4) is 0 Å². The molecule has 2 aliphatic rings. The second kappa shape index (κ2) is 7.66. The largest absolute Gasteiger partial charge is 0.379 e. The van der Waals surface area contributed by atoms with Crippen LogP contribution < -0.4 is 5.56 Å². The van der Waals surface area contributed by atoms with Gasteiger partial charge in [-0.25, -0.2) is 4.98 Å². The molecule has 2 saturated heterocycles. The van der Waals surface area contributed by atoms with Gasteiger partial charge in [0.2, 0.25) is 5.56 Å². The molecule has 2 aliphatic heterocycles. The molecule has 2 fully saturated rings. The lowest BCUT2D eigenvalue weighted by Crippen LogP contribution is -2.47. The Hall–Kier alpha value is -2.45. The monoisotopic (exact) mass is 371 g/mol. The van der Waals surface area contributed by atoms with E-state index in [2.05, 4.69) is 26.4 Å². The van der Waals surface area contributed by atoms with E-state index in [0.717, 1.165) is 32.0 Å². The van der Waals surface area contributed by atoms with E-state index in [1.165, 1.54) is 6.07 Å². The molecule has 0 aromatic carbocycles. The summed E-state index contributed by atoms with van der Waals surface area (Å²) in [5.41, 5.74) is 0.0750. The molecule has 4 rings (SSSR count). The van der Waals surface area contributed by atoms with Crippen molar-refractivity contribution in [3.05, 3.63) is 52.5 Å². The molecule has 0 aliphatic carbocycles. The number of ether oxygens (including phenoxy) is 1. The summed E-state index contributed by atoms with van der Waals surface area (Å²) in [4.78, 5) is 36.0. The number of hydrogen-bond donors (Lipinski definition) is 1. The fourth-order valence-electron chi connectivity index (χ4n) is 4.02. The third-order valence-electron chi connectivity index (χ3n) is 5.31. The molecule has 2 bridgehead atoms. The number of aryl methyl sites for hydroxylation is 1. The van der Waals surface area contributed by atoms with E-state index in [0.29, 0.717) is 25.5 Å². The van der Waals surface area contributed by atoms with Crippen LogP contribution in [-0.4, -0.2) is 69.1 Å². The first kappa shape index (κ1) is 17.9. The van der Waals surface area contributed by atoms with Crippen LogP contribution in [0.2, 0.25) is 0 Å². The number of nitrogens with one attached hydrogen (secondary N) is 1. The average molecular weight is 371 g/mol. The highest BCUT2D eigenvalue weighted by atomic mass is 16.5. The van der Waals surface area contributed by atoms with Gasteiger partial charge >= 0.3 is 0 Å².